The summed E-state index contributed by atoms with van der Waals surface area (Å²) in [5.41, 5.74) is 6.23. The van der Waals surface area contributed by atoms with Gasteiger partial charge in [0.2, 0.25) is 0 Å². The molecule has 1 aliphatic carbocycles. The molecule has 0 aliphatic heterocycles. The zero-order chi connectivity index (χ0) is 18.6. The van der Waals surface area contributed by atoms with E-state index in [1.165, 1.54) is 55.5 Å². The molecule has 0 amide bonds. The quantitative estimate of drug-likeness (QED) is 0.601. The summed E-state index contributed by atoms with van der Waals surface area (Å²) in [6.45, 7) is 3.20. The van der Waals surface area contributed by atoms with Gasteiger partial charge >= 0.3 is 0 Å². The molecule has 0 atom stereocenters. The number of hydrogen-bond acceptors (Lipinski definition) is 3. The minimum atomic E-state index is 0.780. The number of para-hydroxylation sites is 2. The van der Waals surface area contributed by atoms with Gasteiger partial charge in [0.25, 0.3) is 0 Å². The van der Waals surface area contributed by atoms with Crippen molar-refractivity contribution < 1.29 is 0 Å². The first kappa shape index (κ1) is 17.9. The fraction of sp³-hybridized carbons (Fsp3) is 0.478. The van der Waals surface area contributed by atoms with Gasteiger partial charge in [0, 0.05) is 6.54 Å². The van der Waals surface area contributed by atoms with E-state index in [0.29, 0.717) is 0 Å². The molecule has 27 heavy (non-hydrogen) atoms. The van der Waals surface area contributed by atoms with Crippen molar-refractivity contribution in [2.24, 2.45) is 0 Å². The highest BCUT2D eigenvalue weighted by molar-refractivity contribution is 5.86. The Kier molecular flexibility index (Phi) is 5.29. The van der Waals surface area contributed by atoms with Gasteiger partial charge in [0.15, 0.2) is 5.65 Å². The van der Waals surface area contributed by atoms with E-state index in [9.17, 15) is 5.26 Å². The first-order chi connectivity index (χ1) is 13.3. The number of fused-ring (bicyclic) bond motifs is 4. The summed E-state index contributed by atoms with van der Waals surface area (Å²) in [6.07, 6.45) is 10.5. The number of nitriles is 1. The monoisotopic (exact) mass is 360 g/mol. The highest BCUT2D eigenvalue weighted by Gasteiger charge is 2.23. The average molecular weight is 361 g/mol. The summed E-state index contributed by atoms with van der Waals surface area (Å²) in [6, 6.07) is 10.7. The Hall–Kier alpha value is -2.54. The van der Waals surface area contributed by atoms with E-state index in [4.69, 9.17) is 4.98 Å². The maximum atomic E-state index is 9.99. The molecule has 4 heteroatoms. The molecule has 1 aromatic carbocycles. The summed E-state index contributed by atoms with van der Waals surface area (Å²) in [4.78, 5) is 4.85. The summed E-state index contributed by atoms with van der Waals surface area (Å²) in [7, 11) is 0. The van der Waals surface area contributed by atoms with E-state index >= 15 is 0 Å². The van der Waals surface area contributed by atoms with E-state index in [-0.39, 0.29) is 0 Å². The van der Waals surface area contributed by atoms with E-state index in [1.807, 2.05) is 12.1 Å². The normalized spacial score (nSPS) is 14.5. The molecule has 0 spiro atoms. The fourth-order valence-electron chi connectivity index (χ4n) is 4.37. The molecule has 0 fully saturated rings. The van der Waals surface area contributed by atoms with E-state index in [1.54, 1.807) is 0 Å². The number of imidazole rings is 1. The molecule has 0 saturated heterocycles. The van der Waals surface area contributed by atoms with Crippen LogP contribution in [0, 0.1) is 11.3 Å². The van der Waals surface area contributed by atoms with E-state index < -0.39 is 0 Å². The summed E-state index contributed by atoms with van der Waals surface area (Å²) >= 11 is 0. The molecule has 1 aliphatic rings. The Morgan fingerprint density at radius 2 is 1.85 bits per heavy atom. The summed E-state index contributed by atoms with van der Waals surface area (Å²) < 4.78 is 2.21. The van der Waals surface area contributed by atoms with Crippen LogP contribution in [0.4, 0.5) is 5.82 Å². The molecule has 1 N–H and O–H groups in total. The molecular formula is C23H28N4. The standard InChI is InChI=1S/C23H28N4/c1-2-3-10-15-25-22-18-12-7-5-4-6-11-17(18)19(16-24)23-26-20-13-8-9-14-21(20)27(22)23/h8-9,13-14,25H,2-7,10-12,15H2,1H3. The van der Waals surface area contributed by atoms with E-state index in [0.717, 1.165) is 48.1 Å². The van der Waals surface area contributed by atoms with Gasteiger partial charge in [0.05, 0.1) is 16.6 Å². The van der Waals surface area contributed by atoms with Gasteiger partial charge in [-0.05, 0) is 55.4 Å². The lowest BCUT2D eigenvalue weighted by molar-refractivity contribution is 0.615. The lowest BCUT2D eigenvalue weighted by Gasteiger charge is -2.22. The minimum Gasteiger partial charge on any atom is -0.371 e. The van der Waals surface area contributed by atoms with Crippen LogP contribution in [0.1, 0.15) is 68.6 Å². The number of anilines is 1. The zero-order valence-corrected chi connectivity index (χ0v) is 16.2. The number of aromatic nitrogens is 2. The van der Waals surface area contributed by atoms with Crippen LogP contribution in [-0.2, 0) is 12.8 Å². The summed E-state index contributed by atoms with van der Waals surface area (Å²) in [5.74, 6) is 1.17. The highest BCUT2D eigenvalue weighted by Crippen LogP contribution is 2.34. The van der Waals surface area contributed by atoms with Gasteiger partial charge in [-0.25, -0.2) is 4.98 Å². The topological polar surface area (TPSA) is 53.1 Å². The van der Waals surface area contributed by atoms with Crippen molar-refractivity contribution in [3.63, 3.8) is 0 Å². The van der Waals surface area contributed by atoms with Crippen LogP contribution in [0.25, 0.3) is 16.7 Å². The molecule has 0 unspecified atom stereocenters. The molecule has 2 aromatic heterocycles. The van der Waals surface area contributed by atoms with Crippen molar-refractivity contribution in [1.29, 1.82) is 5.26 Å². The molecule has 3 aromatic rings. The van der Waals surface area contributed by atoms with Gasteiger partial charge in [0.1, 0.15) is 11.9 Å². The second kappa shape index (κ2) is 8.00. The summed E-state index contributed by atoms with van der Waals surface area (Å²) in [5, 5.41) is 13.7. The molecule has 0 bridgehead atoms. The number of pyridine rings is 1. The molecule has 4 rings (SSSR count). The average Bonchev–Trinajstić information content (AvgIpc) is 3.05. The van der Waals surface area contributed by atoms with Gasteiger partial charge in [-0.2, -0.15) is 5.26 Å². The van der Waals surface area contributed by atoms with Crippen molar-refractivity contribution in [1.82, 2.24) is 9.38 Å². The van der Waals surface area contributed by atoms with Crippen molar-refractivity contribution in [2.75, 3.05) is 11.9 Å². The SMILES string of the molecule is CCCCCNc1c2c(c(C#N)c3nc4ccccc4n13)CCCCCC2. The van der Waals surface area contributed by atoms with E-state index in [2.05, 4.69) is 34.8 Å². The zero-order valence-electron chi connectivity index (χ0n) is 16.2. The van der Waals surface area contributed by atoms with Gasteiger partial charge in [-0.15, -0.1) is 0 Å². The molecule has 0 radical (unpaired) electrons. The molecule has 2 heterocycles. The number of hydrogen-bond donors (Lipinski definition) is 1. The molecule has 140 valence electrons. The van der Waals surface area contributed by atoms with Crippen molar-refractivity contribution in [3.05, 3.63) is 41.0 Å². The van der Waals surface area contributed by atoms with Crippen LogP contribution < -0.4 is 5.32 Å². The smallest absolute Gasteiger partial charge is 0.157 e. The predicted molar refractivity (Wildman–Crippen MR) is 111 cm³/mol. The third-order valence-corrected chi connectivity index (χ3v) is 5.75. The van der Waals surface area contributed by atoms with Gasteiger partial charge in [-0.3, -0.25) is 4.40 Å². The van der Waals surface area contributed by atoms with Gasteiger partial charge in [-0.1, -0.05) is 44.7 Å². The second-order valence-corrected chi connectivity index (χ2v) is 7.60. The first-order valence-corrected chi connectivity index (χ1v) is 10.4. The van der Waals surface area contributed by atoms with Crippen LogP contribution in [0.15, 0.2) is 24.3 Å². The Morgan fingerprint density at radius 3 is 2.63 bits per heavy atom. The number of benzene rings is 1. The van der Waals surface area contributed by atoms with Crippen molar-refractivity contribution in [2.45, 2.75) is 64.7 Å². The lowest BCUT2D eigenvalue weighted by atomic mass is 9.90. The maximum absolute atomic E-state index is 9.99. The molecule has 0 saturated carbocycles. The maximum Gasteiger partial charge on any atom is 0.157 e. The minimum absolute atomic E-state index is 0.780. The fourth-order valence-corrected chi connectivity index (χ4v) is 4.37. The van der Waals surface area contributed by atoms with Crippen LogP contribution in [0.3, 0.4) is 0 Å². The third-order valence-electron chi connectivity index (χ3n) is 5.75. The number of unbranched alkanes of at least 4 members (excludes halogenated alkanes) is 2. The predicted octanol–water partition coefficient (Wildman–Crippen LogP) is 5.62. The van der Waals surface area contributed by atoms with Crippen LogP contribution in [0.2, 0.25) is 0 Å². The lowest BCUT2D eigenvalue weighted by Crippen LogP contribution is -2.14. The Bertz CT molecular complexity index is 993. The Labute approximate surface area is 161 Å². The third kappa shape index (κ3) is 3.27. The Morgan fingerprint density at radius 1 is 1.07 bits per heavy atom. The van der Waals surface area contributed by atoms with Gasteiger partial charge < -0.3 is 5.32 Å². The second-order valence-electron chi connectivity index (χ2n) is 7.60. The number of nitrogens with zero attached hydrogens (tertiary/aromatic N) is 3. The first-order valence-electron chi connectivity index (χ1n) is 10.4. The van der Waals surface area contributed by atoms with Crippen LogP contribution in [-0.4, -0.2) is 15.9 Å². The van der Waals surface area contributed by atoms with Crippen LogP contribution in [0.5, 0.6) is 0 Å². The Balaban J connectivity index is 1.97. The van der Waals surface area contributed by atoms with Crippen molar-refractivity contribution >= 4 is 22.5 Å². The highest BCUT2D eigenvalue weighted by atomic mass is 15.1. The molecule has 4 nitrogen and oxygen atoms in total. The van der Waals surface area contributed by atoms with Crippen LogP contribution >= 0.6 is 0 Å². The number of nitrogens with one attached hydrogen (secondary N) is 1. The number of rotatable bonds is 5. The van der Waals surface area contributed by atoms with Crippen molar-refractivity contribution in [3.8, 4) is 6.07 Å². The molecular weight excluding hydrogens is 332 g/mol. The largest absolute Gasteiger partial charge is 0.371 e.